The van der Waals surface area contributed by atoms with Crippen molar-refractivity contribution < 1.29 is 14.7 Å². The van der Waals surface area contributed by atoms with E-state index in [1.54, 1.807) is 36.4 Å². The molecule has 142 valence electrons. The first kappa shape index (κ1) is 21.7. The van der Waals surface area contributed by atoms with Crippen LogP contribution in [-0.2, 0) is 0 Å². The predicted molar refractivity (Wildman–Crippen MR) is 119 cm³/mol. The summed E-state index contributed by atoms with van der Waals surface area (Å²) in [6, 6.07) is 13.0. The first-order chi connectivity index (χ1) is 12.4. The molecule has 0 unspecified atom stereocenters. The number of allylic oxidation sites excluding steroid dienone is 1. The zero-order chi connectivity index (χ0) is 20.4. The van der Waals surface area contributed by atoms with Gasteiger partial charge in [-0.25, -0.2) is 0 Å². The predicted octanol–water partition coefficient (Wildman–Crippen LogP) is 4.37. The fourth-order valence-electron chi connectivity index (χ4n) is 2.64. The van der Waals surface area contributed by atoms with Crippen molar-refractivity contribution in [2.45, 2.75) is 34.5 Å². The molecule has 2 aromatic rings. The van der Waals surface area contributed by atoms with E-state index in [2.05, 4.69) is 52.7 Å². The first-order valence-electron chi connectivity index (χ1n) is 9.10. The van der Waals surface area contributed by atoms with E-state index < -0.39 is 32.5 Å². The van der Waals surface area contributed by atoms with E-state index in [-0.39, 0.29) is 11.3 Å². The van der Waals surface area contributed by atoms with E-state index >= 15 is 0 Å². The van der Waals surface area contributed by atoms with Crippen LogP contribution < -0.4 is 8.79 Å². The molecule has 0 aromatic heterocycles. The van der Waals surface area contributed by atoms with Gasteiger partial charge >= 0.3 is 168 Å². The molecule has 0 aliphatic heterocycles. The van der Waals surface area contributed by atoms with Crippen LogP contribution in [-0.4, -0.2) is 43.4 Å². The zero-order valence-corrected chi connectivity index (χ0v) is 21.2. The minimum absolute atomic E-state index is 0.00119. The van der Waals surface area contributed by atoms with Gasteiger partial charge < -0.3 is 0 Å². The SMILES string of the molecule is [CH3][Ge]([CH3])([CH3])[c]1cc(C(=O)/C=C/c2ccc(C(=O)O)cc2)c[c]([Ge]([CH3])([CH3])[CH3])c1. The van der Waals surface area contributed by atoms with Crippen molar-refractivity contribution in [1.82, 2.24) is 0 Å². The molecular weight excluding hydrogens is 457 g/mol. The second-order valence-electron chi connectivity index (χ2n) is 8.92. The number of ketones is 1. The van der Waals surface area contributed by atoms with Crippen molar-refractivity contribution >= 4 is 53.2 Å². The normalized spacial score (nSPS) is 12.4. The standard InChI is InChI=1S/C22H28Ge2O3/c1-23(2,3)19-13-18(14-20(15-19)24(4,5)6)21(25)12-9-16-7-10-17(11-8-16)22(26)27/h7-15H,1-6H3,(H,26,27)/b12-9+. The average Bonchev–Trinajstić information content (AvgIpc) is 2.58. The van der Waals surface area contributed by atoms with Crippen LogP contribution >= 0.6 is 0 Å². The number of rotatable bonds is 6. The summed E-state index contributed by atoms with van der Waals surface area (Å²) in [5, 5.41) is 8.96. The fraction of sp³-hybridized carbons (Fsp3) is 0.273. The number of carbonyl (C=O) groups excluding carboxylic acids is 1. The number of carboxylic acids is 1. The zero-order valence-electron chi connectivity index (χ0n) is 17.0. The van der Waals surface area contributed by atoms with Gasteiger partial charge in [0.2, 0.25) is 0 Å². The topological polar surface area (TPSA) is 54.4 Å². The summed E-state index contributed by atoms with van der Waals surface area (Å²) in [7, 11) is 0. The monoisotopic (exact) mass is 488 g/mol. The van der Waals surface area contributed by atoms with E-state index in [1.165, 1.54) is 8.79 Å². The molecule has 3 nitrogen and oxygen atoms in total. The molecule has 0 spiro atoms. The Morgan fingerprint density at radius 1 is 0.778 bits per heavy atom. The molecule has 0 atom stereocenters. The molecule has 0 radical (unpaired) electrons. The molecule has 27 heavy (non-hydrogen) atoms. The summed E-state index contributed by atoms with van der Waals surface area (Å²) in [5.41, 5.74) is 1.82. The molecule has 0 saturated heterocycles. The molecule has 0 heterocycles. The van der Waals surface area contributed by atoms with Crippen molar-refractivity contribution in [3.8, 4) is 0 Å². The van der Waals surface area contributed by atoms with Crippen molar-refractivity contribution in [3.05, 3.63) is 65.2 Å². The molecule has 0 bridgehead atoms. The Bertz CT molecular complexity index is 851. The summed E-state index contributed by atoms with van der Waals surface area (Å²) in [6.45, 7) is 0. The fourth-order valence-corrected chi connectivity index (χ4v) is 8.22. The number of benzene rings is 2. The maximum absolute atomic E-state index is 12.8. The van der Waals surface area contributed by atoms with E-state index in [4.69, 9.17) is 5.11 Å². The molecule has 2 aromatic carbocycles. The Morgan fingerprint density at radius 3 is 1.67 bits per heavy atom. The molecule has 1 N–H and O–H groups in total. The maximum atomic E-state index is 12.8. The van der Waals surface area contributed by atoms with Gasteiger partial charge in [0.1, 0.15) is 0 Å². The van der Waals surface area contributed by atoms with Gasteiger partial charge in [-0.2, -0.15) is 0 Å². The van der Waals surface area contributed by atoms with Gasteiger partial charge in [0, 0.05) is 0 Å². The Labute approximate surface area is 167 Å². The molecule has 0 aliphatic rings. The number of hydrogen-bond donors (Lipinski definition) is 1. The minimum atomic E-state index is -2.05. The summed E-state index contributed by atoms with van der Waals surface area (Å²) in [4.78, 5) is 23.7. The average molecular weight is 486 g/mol. The molecule has 0 saturated carbocycles. The first-order valence-corrected chi connectivity index (χ1v) is 23.8. The van der Waals surface area contributed by atoms with Crippen LogP contribution in [0.15, 0.2) is 48.5 Å². The van der Waals surface area contributed by atoms with Crippen molar-refractivity contribution in [2.75, 3.05) is 0 Å². The van der Waals surface area contributed by atoms with Crippen LogP contribution in [0.3, 0.4) is 0 Å². The number of hydrogen-bond acceptors (Lipinski definition) is 2. The Hall–Kier alpha value is -1.59. The molecule has 0 fully saturated rings. The van der Waals surface area contributed by atoms with Gasteiger partial charge in [0.15, 0.2) is 0 Å². The summed E-state index contributed by atoms with van der Waals surface area (Å²) in [5.74, 6) is 13.1. The molecule has 0 amide bonds. The van der Waals surface area contributed by atoms with Crippen LogP contribution in [0.5, 0.6) is 0 Å². The summed E-state index contributed by atoms with van der Waals surface area (Å²) in [6.07, 6.45) is 3.33. The van der Waals surface area contributed by atoms with Gasteiger partial charge in [0.05, 0.1) is 0 Å². The Balaban J connectivity index is 2.35. The van der Waals surface area contributed by atoms with Gasteiger partial charge in [-0.15, -0.1) is 0 Å². The molecule has 5 heteroatoms. The number of carbonyl (C=O) groups is 2. The quantitative estimate of drug-likeness (QED) is 0.376. The molecule has 2 rings (SSSR count). The summed E-state index contributed by atoms with van der Waals surface area (Å²) < 4.78 is 2.74. The third-order valence-electron chi connectivity index (χ3n) is 4.53. The Morgan fingerprint density at radius 2 is 1.26 bits per heavy atom. The van der Waals surface area contributed by atoms with Gasteiger partial charge in [0.25, 0.3) is 0 Å². The second kappa shape index (κ2) is 8.19. The Kier molecular flexibility index (Phi) is 6.58. The van der Waals surface area contributed by atoms with Gasteiger partial charge in [-0.1, -0.05) is 0 Å². The van der Waals surface area contributed by atoms with Gasteiger partial charge in [-0.3, -0.25) is 0 Å². The van der Waals surface area contributed by atoms with Crippen LogP contribution in [0.2, 0.25) is 34.5 Å². The third-order valence-corrected chi connectivity index (χ3v) is 13.0. The van der Waals surface area contributed by atoms with Crippen LogP contribution in [0.4, 0.5) is 0 Å². The van der Waals surface area contributed by atoms with Crippen molar-refractivity contribution in [2.24, 2.45) is 0 Å². The van der Waals surface area contributed by atoms with Crippen molar-refractivity contribution in [1.29, 1.82) is 0 Å². The van der Waals surface area contributed by atoms with E-state index in [0.29, 0.717) is 0 Å². The van der Waals surface area contributed by atoms with Crippen molar-refractivity contribution in [3.63, 3.8) is 0 Å². The van der Waals surface area contributed by atoms with E-state index in [1.807, 2.05) is 0 Å². The number of aromatic carboxylic acids is 1. The summed E-state index contributed by atoms with van der Waals surface area (Å²) >= 11 is -4.11. The van der Waals surface area contributed by atoms with E-state index in [9.17, 15) is 9.59 Å². The number of carboxylic acid groups (broad SMARTS) is 1. The van der Waals surface area contributed by atoms with Crippen LogP contribution in [0.1, 0.15) is 26.3 Å². The third kappa shape index (κ3) is 5.94. The molecule has 0 aliphatic carbocycles. The van der Waals surface area contributed by atoms with E-state index in [0.717, 1.165) is 11.1 Å². The second-order valence-corrected chi connectivity index (χ2v) is 30.2. The van der Waals surface area contributed by atoms with Crippen LogP contribution in [0, 0.1) is 0 Å². The van der Waals surface area contributed by atoms with Gasteiger partial charge in [-0.05, 0) is 0 Å². The van der Waals surface area contributed by atoms with Crippen LogP contribution in [0.25, 0.3) is 6.08 Å². The molecular formula is C22H28Ge2O3.